The minimum atomic E-state index is -0.390. The summed E-state index contributed by atoms with van der Waals surface area (Å²) in [5.74, 6) is 1.67. The minimum absolute atomic E-state index is 0.00468. The summed E-state index contributed by atoms with van der Waals surface area (Å²) in [6.07, 6.45) is 0.725. The Kier molecular flexibility index (Phi) is 7.18. The predicted octanol–water partition coefficient (Wildman–Crippen LogP) is 4.07. The van der Waals surface area contributed by atoms with Crippen LogP contribution >= 0.6 is 27.5 Å². The first-order valence-electron chi connectivity index (χ1n) is 12.3. The summed E-state index contributed by atoms with van der Waals surface area (Å²) in [6.45, 7) is 11.5. The third-order valence-electron chi connectivity index (χ3n) is 6.67. The van der Waals surface area contributed by atoms with E-state index in [2.05, 4.69) is 22.9 Å². The van der Waals surface area contributed by atoms with Gasteiger partial charge in [-0.25, -0.2) is 0 Å². The molecular weight excluding hydrogens is 547 g/mol. The van der Waals surface area contributed by atoms with Crippen LogP contribution in [-0.4, -0.2) is 45.2 Å². The van der Waals surface area contributed by atoms with Gasteiger partial charge in [0.1, 0.15) is 24.7 Å². The second-order valence-corrected chi connectivity index (χ2v) is 11.9. The summed E-state index contributed by atoms with van der Waals surface area (Å²) in [7, 11) is -0.755. The van der Waals surface area contributed by atoms with Crippen LogP contribution in [0.1, 0.15) is 64.4 Å². The molecule has 2 N–H and O–H groups in total. The zero-order valence-electron chi connectivity index (χ0n) is 21.2. The molecule has 2 atom stereocenters. The van der Waals surface area contributed by atoms with Gasteiger partial charge < -0.3 is 33.8 Å². The molecule has 2 aromatic carbocycles. The monoisotopic (exact) mass is 577 g/mol. The van der Waals surface area contributed by atoms with Crippen molar-refractivity contribution in [1.29, 1.82) is 0 Å². The van der Waals surface area contributed by atoms with Crippen LogP contribution in [0, 0.1) is 0 Å². The Morgan fingerprint density at radius 1 is 0.889 bits per heavy atom. The summed E-state index contributed by atoms with van der Waals surface area (Å²) in [6, 6.07) is 7.70. The van der Waals surface area contributed by atoms with E-state index in [1.807, 2.05) is 52.0 Å². The second kappa shape index (κ2) is 9.80. The van der Waals surface area contributed by atoms with Crippen LogP contribution in [0.15, 0.2) is 28.7 Å². The van der Waals surface area contributed by atoms with E-state index in [1.54, 1.807) is 0 Å². The lowest BCUT2D eigenvalue weighted by atomic mass is 9.77. The van der Waals surface area contributed by atoms with E-state index in [9.17, 15) is 0 Å². The van der Waals surface area contributed by atoms with Crippen molar-refractivity contribution in [3.63, 3.8) is 0 Å². The Bertz CT molecular complexity index is 1080. The lowest BCUT2D eigenvalue weighted by Crippen LogP contribution is -2.40. The van der Waals surface area contributed by atoms with Gasteiger partial charge in [-0.15, -0.1) is 0 Å². The molecule has 0 radical (unpaired) electrons. The first kappa shape index (κ1) is 26.4. The molecule has 0 saturated carbocycles. The fraction of sp³-hybridized carbons (Fsp3) is 0.520. The third-order valence-corrected chi connectivity index (χ3v) is 7.69. The molecule has 7 nitrogen and oxygen atoms in total. The van der Waals surface area contributed by atoms with Gasteiger partial charge in [0.25, 0.3) is 0 Å². The van der Waals surface area contributed by atoms with Crippen molar-refractivity contribution in [2.45, 2.75) is 64.4 Å². The maximum absolute atomic E-state index is 6.29. The lowest BCUT2D eigenvalue weighted by molar-refractivity contribution is 0.0267. The molecule has 11 heteroatoms. The van der Waals surface area contributed by atoms with E-state index in [4.69, 9.17) is 45.4 Å². The van der Waals surface area contributed by atoms with Crippen LogP contribution in [-0.2, 0) is 18.6 Å². The zero-order valence-corrected chi connectivity index (χ0v) is 23.6. The average Bonchev–Trinajstić information content (AvgIpc) is 3.29. The molecule has 0 aliphatic carbocycles. The Balaban J connectivity index is 0.000000148. The fourth-order valence-electron chi connectivity index (χ4n) is 4.94. The SMILES string of the molecule is CC1(C)COc2ccc(Br)c3c2B(OC3CN)O1.CCC1OB2OC(C)(C)COc3ccc(Cl)c1c32. The van der Waals surface area contributed by atoms with Crippen molar-refractivity contribution in [3.8, 4) is 11.5 Å². The molecule has 0 bridgehead atoms. The first-order valence-corrected chi connectivity index (χ1v) is 13.5. The topological polar surface area (TPSA) is 81.4 Å². The predicted molar refractivity (Wildman–Crippen MR) is 145 cm³/mol. The van der Waals surface area contributed by atoms with E-state index in [0.717, 1.165) is 49.5 Å². The molecule has 6 rings (SSSR count). The molecule has 0 spiro atoms. The molecule has 2 unspecified atom stereocenters. The highest BCUT2D eigenvalue weighted by Gasteiger charge is 2.47. The van der Waals surface area contributed by atoms with Gasteiger partial charge in [0.05, 0.1) is 23.4 Å². The van der Waals surface area contributed by atoms with E-state index in [-0.39, 0.29) is 30.5 Å². The van der Waals surface area contributed by atoms with E-state index in [0.29, 0.717) is 19.8 Å². The summed E-state index contributed by atoms with van der Waals surface area (Å²) in [5.41, 5.74) is 9.06. The summed E-state index contributed by atoms with van der Waals surface area (Å²) < 4.78 is 36.5. The van der Waals surface area contributed by atoms with Crippen molar-refractivity contribution in [3.05, 3.63) is 44.9 Å². The molecule has 0 fully saturated rings. The quantitative estimate of drug-likeness (QED) is 0.539. The van der Waals surface area contributed by atoms with Crippen molar-refractivity contribution in [2.75, 3.05) is 19.8 Å². The molecule has 0 amide bonds. The molecule has 0 saturated heterocycles. The van der Waals surface area contributed by atoms with Gasteiger partial charge in [0, 0.05) is 32.5 Å². The van der Waals surface area contributed by atoms with E-state index < -0.39 is 7.12 Å². The molecule has 4 aliphatic rings. The van der Waals surface area contributed by atoms with Crippen LogP contribution in [0.4, 0.5) is 0 Å². The maximum Gasteiger partial charge on any atom is 0.499 e. The van der Waals surface area contributed by atoms with Gasteiger partial charge in [-0.05, 0) is 63.9 Å². The number of hydrogen-bond acceptors (Lipinski definition) is 7. The highest BCUT2D eigenvalue weighted by molar-refractivity contribution is 9.10. The lowest BCUT2D eigenvalue weighted by Gasteiger charge is -2.25. The number of nitrogens with two attached hydrogens (primary N) is 1. The van der Waals surface area contributed by atoms with Gasteiger partial charge >= 0.3 is 14.2 Å². The van der Waals surface area contributed by atoms with Crippen molar-refractivity contribution < 1.29 is 28.1 Å². The first-order chi connectivity index (χ1) is 17.0. The Hall–Kier alpha value is -1.26. The summed E-state index contributed by atoms with van der Waals surface area (Å²) >= 11 is 9.85. The van der Waals surface area contributed by atoms with Crippen LogP contribution in [0.5, 0.6) is 11.5 Å². The van der Waals surface area contributed by atoms with Gasteiger partial charge in [-0.1, -0.05) is 34.5 Å². The molecule has 4 heterocycles. The molecule has 192 valence electrons. The molecule has 4 aliphatic heterocycles. The van der Waals surface area contributed by atoms with Crippen LogP contribution in [0.25, 0.3) is 0 Å². The highest BCUT2D eigenvalue weighted by Crippen LogP contribution is 2.39. The Labute approximate surface area is 226 Å². The highest BCUT2D eigenvalue weighted by atomic mass is 79.9. The normalized spacial score (nSPS) is 24.4. The number of ether oxygens (including phenoxy) is 2. The minimum Gasteiger partial charge on any atom is -0.491 e. The molecule has 36 heavy (non-hydrogen) atoms. The van der Waals surface area contributed by atoms with Gasteiger partial charge in [-0.3, -0.25) is 0 Å². The number of benzene rings is 2. The van der Waals surface area contributed by atoms with Gasteiger partial charge in [-0.2, -0.15) is 0 Å². The standard InChI is InChI=1S/C13H16BClO3.C12H15BBrNO3/c1-4-9-11-8(15)5-6-10-12(11)14(17-9)18-13(2,3)7-16-10;1-12(2)6-16-8-4-3-7(14)10-9(5-15)17-13(18-12)11(8)10/h5-6,9H,4,7H2,1-3H3;3-4,9H,5-6,15H2,1-2H3. The van der Waals surface area contributed by atoms with E-state index in [1.165, 1.54) is 0 Å². The zero-order chi connectivity index (χ0) is 25.8. The average molecular weight is 579 g/mol. The molecule has 0 aromatic heterocycles. The third kappa shape index (κ3) is 4.82. The molecule has 2 aromatic rings. The number of rotatable bonds is 2. The maximum atomic E-state index is 6.29. The largest absolute Gasteiger partial charge is 0.499 e. The van der Waals surface area contributed by atoms with Crippen molar-refractivity contribution >= 4 is 52.7 Å². The van der Waals surface area contributed by atoms with Crippen LogP contribution < -0.4 is 26.1 Å². The summed E-state index contributed by atoms with van der Waals surface area (Å²) in [4.78, 5) is 0. The van der Waals surface area contributed by atoms with Crippen molar-refractivity contribution in [1.82, 2.24) is 0 Å². The van der Waals surface area contributed by atoms with Gasteiger partial charge in [0.2, 0.25) is 0 Å². The fourth-order valence-corrected chi connectivity index (χ4v) is 5.83. The van der Waals surface area contributed by atoms with Gasteiger partial charge in [0.15, 0.2) is 0 Å². The Morgan fingerprint density at radius 2 is 1.42 bits per heavy atom. The smallest absolute Gasteiger partial charge is 0.491 e. The molecular formula is C25H31B2BrClNO6. The number of halogens is 2. The second-order valence-electron chi connectivity index (χ2n) is 10.6. The summed E-state index contributed by atoms with van der Waals surface area (Å²) in [5, 5.41) is 0.731. The number of hydrogen-bond donors (Lipinski definition) is 1. The van der Waals surface area contributed by atoms with E-state index >= 15 is 0 Å². The Morgan fingerprint density at radius 3 is 1.97 bits per heavy atom. The van der Waals surface area contributed by atoms with Crippen LogP contribution in [0.2, 0.25) is 5.02 Å². The van der Waals surface area contributed by atoms with Crippen LogP contribution in [0.3, 0.4) is 0 Å². The van der Waals surface area contributed by atoms with Crippen molar-refractivity contribution in [2.24, 2.45) is 5.73 Å².